The molecule has 0 rings (SSSR count). The van der Waals surface area contributed by atoms with Crippen LogP contribution in [0.25, 0.3) is 0 Å². The minimum absolute atomic E-state index is 1.15. The predicted molar refractivity (Wildman–Crippen MR) is 32.9 cm³/mol. The fourth-order valence-corrected chi connectivity index (χ4v) is 0.707. The topological polar surface area (TPSA) is 0 Å². The van der Waals surface area contributed by atoms with Gasteiger partial charge in [0, 0.05) is 0 Å². The summed E-state index contributed by atoms with van der Waals surface area (Å²) in [4.78, 5) is 4.07. The fraction of sp³-hybridized carbons (Fsp3) is 0.500. The summed E-state index contributed by atoms with van der Waals surface area (Å²) in [7, 11) is 0. The molecule has 0 aromatic heterocycles. The van der Waals surface area contributed by atoms with Crippen molar-refractivity contribution in [1.82, 2.24) is 0 Å². The Labute approximate surface area is 54.0 Å². The molecule has 0 aliphatic rings. The Bertz CT molecular complexity index is 41.5. The molecule has 0 aromatic rings. The fourth-order valence-electron chi connectivity index (χ4n) is 0.136. The molecule has 0 atom stereocenters. The Kier molecular flexibility index (Phi) is 6.53. The van der Waals surface area contributed by atoms with Gasteiger partial charge in [-0.3, -0.25) is 0 Å². The standard InChI is InChI=1S/C4H6Se2/c5-3-1-2-4-6/h3-4H,1-2H2. The number of rotatable bonds is 3. The minimum atomic E-state index is 1.15. The van der Waals surface area contributed by atoms with Crippen LogP contribution < -0.4 is 0 Å². The molecule has 0 aliphatic heterocycles. The monoisotopic (exact) mass is 214 g/mol. The maximum atomic E-state index is 2.82. The number of unbranched alkanes of at least 4 members (excludes halogenated alkanes) is 1. The molecule has 0 aliphatic carbocycles. The summed E-state index contributed by atoms with van der Waals surface area (Å²) in [6.45, 7) is 0. The van der Waals surface area contributed by atoms with Crippen LogP contribution in [0.5, 0.6) is 0 Å². The van der Waals surface area contributed by atoms with Crippen LogP contribution in [0, 0.1) is 0 Å². The second-order valence-electron chi connectivity index (χ2n) is 0.911. The van der Waals surface area contributed by atoms with E-state index < -0.39 is 0 Å². The molecular weight excluding hydrogens is 206 g/mol. The van der Waals surface area contributed by atoms with Crippen molar-refractivity contribution < 1.29 is 0 Å². The van der Waals surface area contributed by atoms with E-state index in [0.29, 0.717) is 0 Å². The zero-order valence-corrected chi connectivity index (χ0v) is 6.81. The molecule has 0 saturated heterocycles. The van der Waals surface area contributed by atoms with Crippen LogP contribution in [0.4, 0.5) is 0 Å². The summed E-state index contributed by atoms with van der Waals surface area (Å²) in [5.41, 5.74) is 0. The Balaban J connectivity index is 2.66. The van der Waals surface area contributed by atoms with Crippen LogP contribution in [-0.2, 0) is 0 Å². The van der Waals surface area contributed by atoms with Gasteiger partial charge in [-0.25, -0.2) is 0 Å². The molecule has 0 N–H and O–H groups in total. The third-order valence-corrected chi connectivity index (χ3v) is 1.39. The summed E-state index contributed by atoms with van der Waals surface area (Å²) < 4.78 is 0. The van der Waals surface area contributed by atoms with E-state index in [-0.39, 0.29) is 0 Å². The molecule has 0 nitrogen and oxygen atoms in total. The Morgan fingerprint density at radius 2 is 1.33 bits per heavy atom. The normalized spacial score (nSPS) is 7.33. The molecule has 0 bridgehead atoms. The zero-order valence-electron chi connectivity index (χ0n) is 3.39. The first-order chi connectivity index (χ1) is 2.91. The van der Waals surface area contributed by atoms with Crippen molar-refractivity contribution in [3.05, 3.63) is 0 Å². The van der Waals surface area contributed by atoms with Crippen LogP contribution in [0.3, 0.4) is 0 Å². The molecule has 0 aromatic carbocycles. The molecule has 0 radical (unpaired) electrons. The van der Waals surface area contributed by atoms with E-state index in [4.69, 9.17) is 0 Å². The van der Waals surface area contributed by atoms with Gasteiger partial charge in [0.2, 0.25) is 0 Å². The van der Waals surface area contributed by atoms with Crippen LogP contribution in [0.2, 0.25) is 0 Å². The van der Waals surface area contributed by atoms with Crippen LogP contribution in [0.1, 0.15) is 12.8 Å². The number of hydrogen-bond donors (Lipinski definition) is 0. The molecule has 0 fully saturated rings. The molecule has 0 unspecified atom stereocenters. The predicted octanol–water partition coefficient (Wildman–Crippen LogP) is -0.292. The van der Waals surface area contributed by atoms with Crippen molar-refractivity contribution in [2.45, 2.75) is 12.8 Å². The van der Waals surface area contributed by atoms with Crippen molar-refractivity contribution in [2.24, 2.45) is 0 Å². The molecule has 34 valence electrons. The van der Waals surface area contributed by atoms with Crippen LogP contribution in [0.15, 0.2) is 0 Å². The summed E-state index contributed by atoms with van der Waals surface area (Å²) in [5.74, 6) is 0. The number of hydrogen-bond acceptors (Lipinski definition) is 0. The van der Waals surface area contributed by atoms with Crippen molar-refractivity contribution in [3.8, 4) is 0 Å². The van der Waals surface area contributed by atoms with E-state index in [0.717, 1.165) is 12.8 Å². The molecule has 0 heterocycles. The Hall–Kier alpha value is 0.779. The second kappa shape index (κ2) is 5.78. The second-order valence-corrected chi connectivity index (χ2v) is 2.31. The SMILES string of the molecule is [Se]=CCCC=[Se]. The van der Waals surface area contributed by atoms with Gasteiger partial charge in [0.25, 0.3) is 0 Å². The molecule has 0 amide bonds. The van der Waals surface area contributed by atoms with Crippen molar-refractivity contribution >= 4 is 41.0 Å². The first-order valence-corrected chi connectivity index (χ1v) is 3.77. The van der Waals surface area contributed by atoms with E-state index in [2.05, 4.69) is 31.2 Å². The van der Waals surface area contributed by atoms with Crippen molar-refractivity contribution in [3.63, 3.8) is 0 Å². The first-order valence-electron chi connectivity index (χ1n) is 1.79. The van der Waals surface area contributed by atoms with Gasteiger partial charge in [0.15, 0.2) is 0 Å². The van der Waals surface area contributed by atoms with Gasteiger partial charge in [-0.1, -0.05) is 0 Å². The van der Waals surface area contributed by atoms with Gasteiger partial charge in [0.05, 0.1) is 0 Å². The van der Waals surface area contributed by atoms with Crippen molar-refractivity contribution in [1.29, 1.82) is 0 Å². The first kappa shape index (κ1) is 6.78. The van der Waals surface area contributed by atoms with E-state index in [1.54, 1.807) is 0 Å². The summed E-state index contributed by atoms with van der Waals surface area (Å²) in [6, 6.07) is 0. The van der Waals surface area contributed by atoms with E-state index >= 15 is 0 Å². The maximum absolute atomic E-state index is 2.82. The van der Waals surface area contributed by atoms with E-state index in [9.17, 15) is 0 Å². The third kappa shape index (κ3) is 4.78. The van der Waals surface area contributed by atoms with E-state index in [1.807, 2.05) is 9.84 Å². The molecule has 0 saturated carbocycles. The van der Waals surface area contributed by atoms with Crippen molar-refractivity contribution in [2.75, 3.05) is 0 Å². The van der Waals surface area contributed by atoms with Crippen LogP contribution in [-0.4, -0.2) is 41.0 Å². The van der Waals surface area contributed by atoms with Crippen LogP contribution >= 0.6 is 0 Å². The average Bonchev–Trinajstić information content (AvgIpc) is 1.61. The van der Waals surface area contributed by atoms with Gasteiger partial charge < -0.3 is 0 Å². The molecule has 6 heavy (non-hydrogen) atoms. The quantitative estimate of drug-likeness (QED) is 0.445. The van der Waals surface area contributed by atoms with Gasteiger partial charge in [0.1, 0.15) is 0 Å². The van der Waals surface area contributed by atoms with Gasteiger partial charge in [-0.2, -0.15) is 0 Å². The average molecular weight is 212 g/mol. The molecular formula is C4H6Se2. The summed E-state index contributed by atoms with van der Waals surface area (Å²) in [5, 5.41) is 0. The summed E-state index contributed by atoms with van der Waals surface area (Å²) in [6.07, 6.45) is 2.29. The van der Waals surface area contributed by atoms with Gasteiger partial charge in [-0.05, 0) is 0 Å². The van der Waals surface area contributed by atoms with Gasteiger partial charge in [-0.15, -0.1) is 0 Å². The third-order valence-electron chi connectivity index (χ3n) is 0.402. The Morgan fingerprint density at radius 3 is 1.50 bits per heavy atom. The molecule has 0 spiro atoms. The molecule has 2 heteroatoms. The zero-order chi connectivity index (χ0) is 4.83. The Morgan fingerprint density at radius 1 is 1.00 bits per heavy atom. The summed E-state index contributed by atoms with van der Waals surface area (Å²) >= 11 is 5.64. The van der Waals surface area contributed by atoms with Gasteiger partial charge >= 0.3 is 53.8 Å². The van der Waals surface area contributed by atoms with E-state index in [1.165, 1.54) is 0 Å².